The van der Waals surface area contributed by atoms with E-state index in [4.69, 9.17) is 5.26 Å². The van der Waals surface area contributed by atoms with E-state index in [1.54, 1.807) is 23.4 Å². The second-order valence-corrected chi connectivity index (χ2v) is 4.90. The molecule has 0 aliphatic carbocycles. The van der Waals surface area contributed by atoms with E-state index >= 15 is 0 Å². The molecular weight excluding hydrogens is 210 g/mol. The molecule has 1 aliphatic heterocycles. The molecule has 0 spiro atoms. The molecule has 4 nitrogen and oxygen atoms in total. The molecule has 0 bridgehead atoms. The molecule has 2 rings (SSSR count). The Kier molecular flexibility index (Phi) is 2.53. The molecule has 0 fully saturated rings. The van der Waals surface area contributed by atoms with Crippen LogP contribution in [-0.2, 0) is 13.5 Å². The average molecular weight is 221 g/mol. The quantitative estimate of drug-likeness (QED) is 0.664. The normalized spacial score (nSPS) is 18.6. The lowest BCUT2D eigenvalue weighted by atomic mass is 10.1. The van der Waals surface area contributed by atoms with Crippen molar-refractivity contribution in [1.82, 2.24) is 9.55 Å². The van der Waals surface area contributed by atoms with Crippen molar-refractivity contribution in [1.29, 1.82) is 5.26 Å². The molecule has 1 atom stereocenters. The van der Waals surface area contributed by atoms with Crippen molar-refractivity contribution < 1.29 is 0 Å². The van der Waals surface area contributed by atoms with E-state index in [-0.39, 0.29) is 10.8 Å². The van der Waals surface area contributed by atoms with E-state index in [0.717, 1.165) is 16.4 Å². The number of hydrogen-bond acceptors (Lipinski definition) is 4. The summed E-state index contributed by atoms with van der Waals surface area (Å²) in [5, 5.41) is 9.63. The highest BCUT2D eigenvalue weighted by molar-refractivity contribution is 8.00. The van der Waals surface area contributed by atoms with E-state index in [9.17, 15) is 4.79 Å². The fourth-order valence-electron chi connectivity index (χ4n) is 1.65. The first-order valence-corrected chi connectivity index (χ1v) is 5.61. The monoisotopic (exact) mass is 221 g/mol. The number of aromatic nitrogens is 2. The fraction of sp³-hybridized carbons (Fsp3) is 0.500. The largest absolute Gasteiger partial charge is 0.300 e. The molecular formula is C10H11N3OS. The Labute approximate surface area is 91.9 Å². The van der Waals surface area contributed by atoms with Gasteiger partial charge < -0.3 is 0 Å². The Hall–Kier alpha value is -1.28. The summed E-state index contributed by atoms with van der Waals surface area (Å²) >= 11 is 1.55. The molecule has 0 radical (unpaired) electrons. The van der Waals surface area contributed by atoms with Gasteiger partial charge in [-0.25, -0.2) is 4.98 Å². The van der Waals surface area contributed by atoms with Crippen LogP contribution in [0, 0.1) is 18.3 Å². The SMILES string of the molecule is Cc1nc2c(c(=O)n1C)CC(CC#N)S2. The number of nitriles is 1. The van der Waals surface area contributed by atoms with Crippen LogP contribution in [0.2, 0.25) is 0 Å². The molecule has 1 aromatic heterocycles. The first kappa shape index (κ1) is 10.2. The fourth-order valence-corrected chi connectivity index (χ4v) is 2.87. The molecule has 15 heavy (non-hydrogen) atoms. The zero-order valence-corrected chi connectivity index (χ0v) is 9.47. The first-order chi connectivity index (χ1) is 7.13. The summed E-state index contributed by atoms with van der Waals surface area (Å²) in [6.45, 7) is 1.82. The molecule has 1 aromatic rings. The van der Waals surface area contributed by atoms with E-state index in [1.807, 2.05) is 6.92 Å². The lowest BCUT2D eigenvalue weighted by Gasteiger charge is -2.04. The Bertz CT molecular complexity index is 501. The summed E-state index contributed by atoms with van der Waals surface area (Å²) in [5.74, 6) is 0.726. The van der Waals surface area contributed by atoms with Gasteiger partial charge in [0.25, 0.3) is 5.56 Å². The Morgan fingerprint density at radius 3 is 3.13 bits per heavy atom. The van der Waals surface area contributed by atoms with Crippen LogP contribution >= 0.6 is 11.8 Å². The highest BCUT2D eigenvalue weighted by Crippen LogP contribution is 2.35. The molecule has 1 aliphatic rings. The van der Waals surface area contributed by atoms with Crippen LogP contribution in [0.1, 0.15) is 17.8 Å². The summed E-state index contributed by atoms with van der Waals surface area (Å²) in [4.78, 5) is 16.2. The second kappa shape index (κ2) is 3.70. The Balaban J connectivity index is 2.44. The minimum Gasteiger partial charge on any atom is -0.300 e. The van der Waals surface area contributed by atoms with Gasteiger partial charge in [0, 0.05) is 18.7 Å². The highest BCUT2D eigenvalue weighted by atomic mass is 32.2. The maximum atomic E-state index is 11.9. The molecule has 5 heteroatoms. The van der Waals surface area contributed by atoms with Crippen LogP contribution in [0.25, 0.3) is 0 Å². The third kappa shape index (κ3) is 1.65. The minimum absolute atomic E-state index is 0.0328. The third-order valence-corrected chi connectivity index (χ3v) is 3.83. The van der Waals surface area contributed by atoms with Crippen LogP contribution in [-0.4, -0.2) is 14.8 Å². The molecule has 0 amide bonds. The van der Waals surface area contributed by atoms with Crippen molar-refractivity contribution in [2.45, 2.75) is 30.0 Å². The van der Waals surface area contributed by atoms with Crippen molar-refractivity contribution in [2.75, 3.05) is 0 Å². The van der Waals surface area contributed by atoms with Crippen LogP contribution < -0.4 is 5.56 Å². The number of aryl methyl sites for hydroxylation is 1. The molecule has 1 unspecified atom stereocenters. The van der Waals surface area contributed by atoms with Gasteiger partial charge in [0.05, 0.1) is 11.6 Å². The van der Waals surface area contributed by atoms with E-state index in [2.05, 4.69) is 11.1 Å². The van der Waals surface area contributed by atoms with Gasteiger partial charge in [-0.2, -0.15) is 5.26 Å². The van der Waals surface area contributed by atoms with Crippen molar-refractivity contribution in [3.8, 4) is 6.07 Å². The Morgan fingerprint density at radius 1 is 1.73 bits per heavy atom. The van der Waals surface area contributed by atoms with Gasteiger partial charge in [-0.15, -0.1) is 11.8 Å². The molecule has 0 aromatic carbocycles. The van der Waals surface area contributed by atoms with Gasteiger partial charge >= 0.3 is 0 Å². The molecule has 0 saturated carbocycles. The third-order valence-electron chi connectivity index (χ3n) is 2.60. The van der Waals surface area contributed by atoms with E-state index in [1.165, 1.54) is 0 Å². The standard InChI is InChI=1S/C10H11N3OS/c1-6-12-9-8(10(14)13(6)2)5-7(15-9)3-4-11/h7H,3,5H2,1-2H3. The van der Waals surface area contributed by atoms with Gasteiger partial charge in [-0.1, -0.05) is 0 Å². The first-order valence-electron chi connectivity index (χ1n) is 4.73. The van der Waals surface area contributed by atoms with Crippen LogP contribution in [0.15, 0.2) is 9.82 Å². The van der Waals surface area contributed by atoms with Gasteiger partial charge in [-0.3, -0.25) is 9.36 Å². The van der Waals surface area contributed by atoms with Crippen LogP contribution in [0.5, 0.6) is 0 Å². The summed E-state index contributed by atoms with van der Waals surface area (Å²) in [6, 6.07) is 2.14. The molecule has 0 N–H and O–H groups in total. The topological polar surface area (TPSA) is 58.7 Å². The van der Waals surface area contributed by atoms with E-state index in [0.29, 0.717) is 12.8 Å². The summed E-state index contributed by atoms with van der Waals surface area (Å²) < 4.78 is 1.56. The number of fused-ring (bicyclic) bond motifs is 1. The predicted octanol–water partition coefficient (Wildman–Crippen LogP) is 1.02. The highest BCUT2D eigenvalue weighted by Gasteiger charge is 2.27. The zero-order chi connectivity index (χ0) is 11.0. The van der Waals surface area contributed by atoms with Gasteiger partial charge in [0.1, 0.15) is 10.9 Å². The second-order valence-electron chi connectivity index (χ2n) is 3.61. The average Bonchev–Trinajstić information content (AvgIpc) is 2.58. The van der Waals surface area contributed by atoms with E-state index < -0.39 is 0 Å². The summed E-state index contributed by atoms with van der Waals surface area (Å²) in [7, 11) is 1.73. The number of hydrogen-bond donors (Lipinski definition) is 0. The number of rotatable bonds is 1. The summed E-state index contributed by atoms with van der Waals surface area (Å²) in [6.07, 6.45) is 1.15. The predicted molar refractivity (Wildman–Crippen MR) is 57.8 cm³/mol. The maximum Gasteiger partial charge on any atom is 0.257 e. The molecule has 0 saturated heterocycles. The van der Waals surface area contributed by atoms with Crippen LogP contribution in [0.3, 0.4) is 0 Å². The smallest absolute Gasteiger partial charge is 0.257 e. The van der Waals surface area contributed by atoms with Crippen molar-refractivity contribution in [2.24, 2.45) is 7.05 Å². The lowest BCUT2D eigenvalue weighted by molar-refractivity contribution is 0.722. The summed E-state index contributed by atoms with van der Waals surface area (Å²) in [5.41, 5.74) is 0.804. The zero-order valence-electron chi connectivity index (χ0n) is 8.65. The molecule has 2 heterocycles. The maximum absolute atomic E-state index is 11.9. The minimum atomic E-state index is 0.0328. The number of thioether (sulfide) groups is 1. The van der Waals surface area contributed by atoms with Gasteiger partial charge in [0.2, 0.25) is 0 Å². The van der Waals surface area contributed by atoms with Crippen molar-refractivity contribution in [3.05, 3.63) is 21.7 Å². The number of nitrogens with zero attached hydrogens (tertiary/aromatic N) is 3. The van der Waals surface area contributed by atoms with Gasteiger partial charge in [0.15, 0.2) is 0 Å². The van der Waals surface area contributed by atoms with Gasteiger partial charge in [-0.05, 0) is 13.3 Å². The Morgan fingerprint density at radius 2 is 2.47 bits per heavy atom. The van der Waals surface area contributed by atoms with Crippen molar-refractivity contribution in [3.63, 3.8) is 0 Å². The van der Waals surface area contributed by atoms with Crippen LogP contribution in [0.4, 0.5) is 0 Å². The lowest BCUT2D eigenvalue weighted by Crippen LogP contribution is -2.24. The van der Waals surface area contributed by atoms with Crippen molar-refractivity contribution >= 4 is 11.8 Å². The molecule has 78 valence electrons.